The van der Waals surface area contributed by atoms with Gasteiger partial charge in [0.2, 0.25) is 0 Å². The van der Waals surface area contributed by atoms with Crippen LogP contribution in [0.15, 0.2) is 53.1 Å². The standard InChI is InChI=1S/C23H28N4O3/c1-3-18-8-9-19(30-18)16-26-14-11-17(12-15-26)27-22(10-13-24-27)25-23(28)20-6-4-5-7-21(20)29-2/h4-10,13,17H,3,11-12,14-16H2,1-2H3,(H,25,28). The van der Waals surface area contributed by atoms with Gasteiger partial charge in [-0.1, -0.05) is 19.1 Å². The Balaban J connectivity index is 1.37. The highest BCUT2D eigenvalue weighted by Gasteiger charge is 2.24. The van der Waals surface area contributed by atoms with Crippen molar-refractivity contribution in [1.29, 1.82) is 0 Å². The molecule has 0 bridgehead atoms. The predicted molar refractivity (Wildman–Crippen MR) is 115 cm³/mol. The molecule has 7 nitrogen and oxygen atoms in total. The van der Waals surface area contributed by atoms with Gasteiger partial charge in [0.1, 0.15) is 23.1 Å². The number of rotatable bonds is 7. The lowest BCUT2D eigenvalue weighted by atomic mass is 10.1. The summed E-state index contributed by atoms with van der Waals surface area (Å²) in [5.41, 5.74) is 0.507. The number of ether oxygens (including phenoxy) is 1. The number of para-hydroxylation sites is 1. The molecule has 3 heterocycles. The number of furan rings is 1. The van der Waals surface area contributed by atoms with Crippen LogP contribution in [-0.2, 0) is 13.0 Å². The van der Waals surface area contributed by atoms with Crippen LogP contribution in [0, 0.1) is 0 Å². The van der Waals surface area contributed by atoms with Crippen molar-refractivity contribution in [2.45, 2.75) is 38.8 Å². The molecule has 0 saturated carbocycles. The second-order valence-corrected chi connectivity index (χ2v) is 7.54. The van der Waals surface area contributed by atoms with E-state index in [-0.39, 0.29) is 11.9 Å². The zero-order chi connectivity index (χ0) is 20.9. The number of benzene rings is 1. The van der Waals surface area contributed by atoms with Crippen LogP contribution in [0.4, 0.5) is 5.82 Å². The van der Waals surface area contributed by atoms with Crippen molar-refractivity contribution < 1.29 is 13.9 Å². The van der Waals surface area contributed by atoms with E-state index in [9.17, 15) is 4.79 Å². The summed E-state index contributed by atoms with van der Waals surface area (Å²) in [6.45, 7) is 4.87. The Hall–Kier alpha value is -3.06. The molecule has 1 saturated heterocycles. The Kier molecular flexibility index (Phi) is 6.18. The summed E-state index contributed by atoms with van der Waals surface area (Å²) in [6, 6.07) is 13.4. The van der Waals surface area contributed by atoms with E-state index in [1.54, 1.807) is 25.4 Å². The fourth-order valence-electron chi connectivity index (χ4n) is 3.96. The van der Waals surface area contributed by atoms with E-state index >= 15 is 0 Å². The maximum Gasteiger partial charge on any atom is 0.260 e. The number of nitrogens with zero attached hydrogens (tertiary/aromatic N) is 3. The number of carbonyl (C=O) groups is 1. The molecular formula is C23H28N4O3. The van der Waals surface area contributed by atoms with Gasteiger partial charge in [-0.25, -0.2) is 4.68 Å². The lowest BCUT2D eigenvalue weighted by Crippen LogP contribution is -2.34. The van der Waals surface area contributed by atoms with Crippen molar-refractivity contribution in [2.24, 2.45) is 0 Å². The highest BCUT2D eigenvalue weighted by Crippen LogP contribution is 2.27. The Bertz CT molecular complexity index is 986. The number of hydrogen-bond acceptors (Lipinski definition) is 5. The van der Waals surface area contributed by atoms with Gasteiger partial charge in [-0.15, -0.1) is 0 Å². The summed E-state index contributed by atoms with van der Waals surface area (Å²) in [5, 5.41) is 7.48. The van der Waals surface area contributed by atoms with Crippen LogP contribution in [0.3, 0.4) is 0 Å². The quantitative estimate of drug-likeness (QED) is 0.636. The first-order valence-electron chi connectivity index (χ1n) is 10.5. The van der Waals surface area contributed by atoms with Gasteiger partial charge in [0.05, 0.1) is 31.5 Å². The molecule has 3 aromatic rings. The molecule has 158 valence electrons. The largest absolute Gasteiger partial charge is 0.496 e. The van der Waals surface area contributed by atoms with Crippen molar-refractivity contribution in [3.8, 4) is 5.75 Å². The van der Waals surface area contributed by atoms with E-state index in [0.717, 1.165) is 50.4 Å². The Morgan fingerprint density at radius 3 is 2.67 bits per heavy atom. The van der Waals surface area contributed by atoms with Gasteiger partial charge in [0.25, 0.3) is 5.91 Å². The minimum Gasteiger partial charge on any atom is -0.496 e. The van der Waals surface area contributed by atoms with Crippen molar-refractivity contribution >= 4 is 11.7 Å². The molecule has 1 aromatic carbocycles. The number of aromatic nitrogens is 2. The number of likely N-dealkylation sites (tertiary alicyclic amines) is 1. The second kappa shape index (κ2) is 9.17. The molecular weight excluding hydrogens is 380 g/mol. The predicted octanol–water partition coefficient (Wildman–Crippen LogP) is 4.14. The fourth-order valence-corrected chi connectivity index (χ4v) is 3.96. The number of methoxy groups -OCH3 is 1. The molecule has 0 spiro atoms. The number of carbonyl (C=O) groups excluding carboxylic acids is 1. The van der Waals surface area contributed by atoms with Gasteiger partial charge in [-0.2, -0.15) is 5.10 Å². The minimum atomic E-state index is -0.198. The van der Waals surface area contributed by atoms with E-state index in [1.807, 2.05) is 22.9 Å². The molecule has 2 aromatic heterocycles. The number of hydrogen-bond donors (Lipinski definition) is 1. The first-order chi connectivity index (χ1) is 14.7. The van der Waals surface area contributed by atoms with Gasteiger partial charge in [-0.3, -0.25) is 9.69 Å². The summed E-state index contributed by atoms with van der Waals surface area (Å²) in [7, 11) is 1.57. The first kappa shape index (κ1) is 20.2. The van der Waals surface area contributed by atoms with Crippen LogP contribution < -0.4 is 10.1 Å². The highest BCUT2D eigenvalue weighted by atomic mass is 16.5. The summed E-state index contributed by atoms with van der Waals surface area (Å²) in [5.74, 6) is 3.12. The molecule has 4 rings (SSSR count). The minimum absolute atomic E-state index is 0.198. The van der Waals surface area contributed by atoms with Crippen LogP contribution >= 0.6 is 0 Å². The van der Waals surface area contributed by atoms with Crippen LogP contribution in [-0.4, -0.2) is 40.8 Å². The fraction of sp³-hybridized carbons (Fsp3) is 0.391. The molecule has 0 atom stereocenters. The normalized spacial score (nSPS) is 15.3. The summed E-state index contributed by atoms with van der Waals surface area (Å²) < 4.78 is 13.1. The number of piperidine rings is 1. The molecule has 1 N–H and O–H groups in total. The maximum absolute atomic E-state index is 12.8. The molecule has 1 amide bonds. The average Bonchev–Trinajstić information content (AvgIpc) is 3.43. The molecule has 1 aliphatic rings. The van der Waals surface area contributed by atoms with Gasteiger partial charge >= 0.3 is 0 Å². The summed E-state index contributed by atoms with van der Waals surface area (Å²) in [4.78, 5) is 15.2. The Morgan fingerprint density at radius 1 is 1.17 bits per heavy atom. The highest BCUT2D eigenvalue weighted by molar-refractivity contribution is 6.05. The number of nitrogens with one attached hydrogen (secondary N) is 1. The van der Waals surface area contributed by atoms with E-state index < -0.39 is 0 Å². The van der Waals surface area contributed by atoms with Gasteiger partial charge in [0, 0.05) is 25.6 Å². The lowest BCUT2D eigenvalue weighted by molar-refractivity contribution is 0.102. The number of anilines is 1. The van der Waals surface area contributed by atoms with Crippen LogP contribution in [0.5, 0.6) is 5.75 Å². The van der Waals surface area contributed by atoms with E-state index in [0.29, 0.717) is 17.1 Å². The van der Waals surface area contributed by atoms with Crippen molar-refractivity contribution in [3.63, 3.8) is 0 Å². The van der Waals surface area contributed by atoms with Crippen molar-refractivity contribution in [3.05, 3.63) is 65.7 Å². The topological polar surface area (TPSA) is 72.5 Å². The zero-order valence-corrected chi connectivity index (χ0v) is 17.5. The van der Waals surface area contributed by atoms with Crippen LogP contribution in [0.25, 0.3) is 0 Å². The molecule has 7 heteroatoms. The third kappa shape index (κ3) is 4.41. The SMILES string of the molecule is CCc1ccc(CN2CCC(n3nccc3NC(=O)c3ccccc3OC)CC2)o1. The average molecular weight is 409 g/mol. The van der Waals surface area contributed by atoms with E-state index in [4.69, 9.17) is 9.15 Å². The van der Waals surface area contributed by atoms with E-state index in [2.05, 4.69) is 34.4 Å². The lowest BCUT2D eigenvalue weighted by Gasteiger charge is -2.32. The molecule has 0 unspecified atom stereocenters. The number of amides is 1. The smallest absolute Gasteiger partial charge is 0.260 e. The van der Waals surface area contributed by atoms with Crippen LogP contribution in [0.1, 0.15) is 47.7 Å². The monoisotopic (exact) mass is 408 g/mol. The van der Waals surface area contributed by atoms with Gasteiger partial charge in [0.15, 0.2) is 0 Å². The molecule has 1 fully saturated rings. The molecule has 0 aliphatic carbocycles. The zero-order valence-electron chi connectivity index (χ0n) is 17.5. The third-order valence-electron chi connectivity index (χ3n) is 5.61. The third-order valence-corrected chi connectivity index (χ3v) is 5.61. The molecule has 30 heavy (non-hydrogen) atoms. The first-order valence-corrected chi connectivity index (χ1v) is 10.5. The van der Waals surface area contributed by atoms with Gasteiger partial charge in [-0.05, 0) is 37.1 Å². The van der Waals surface area contributed by atoms with Crippen LogP contribution in [0.2, 0.25) is 0 Å². The summed E-state index contributed by atoms with van der Waals surface area (Å²) in [6.07, 6.45) is 4.60. The Labute approximate surface area is 176 Å². The molecule has 1 aliphatic heterocycles. The van der Waals surface area contributed by atoms with Crippen molar-refractivity contribution in [1.82, 2.24) is 14.7 Å². The molecule has 0 radical (unpaired) electrons. The maximum atomic E-state index is 12.8. The van der Waals surface area contributed by atoms with Gasteiger partial charge < -0.3 is 14.5 Å². The van der Waals surface area contributed by atoms with E-state index in [1.165, 1.54) is 0 Å². The second-order valence-electron chi connectivity index (χ2n) is 7.54. The number of aryl methyl sites for hydroxylation is 1. The van der Waals surface area contributed by atoms with Crippen molar-refractivity contribution in [2.75, 3.05) is 25.5 Å². The Morgan fingerprint density at radius 2 is 1.93 bits per heavy atom. The summed E-state index contributed by atoms with van der Waals surface area (Å²) >= 11 is 0.